The first-order valence-electron chi connectivity index (χ1n) is 8.33. The lowest BCUT2D eigenvalue weighted by atomic mass is 10.1. The number of aryl methyl sites for hydroxylation is 1. The normalized spacial score (nSPS) is 12.7. The molecule has 0 aliphatic rings. The number of amides is 1. The molecule has 0 radical (unpaired) electrons. The van der Waals surface area contributed by atoms with Crippen LogP contribution in [0.3, 0.4) is 0 Å². The lowest BCUT2D eigenvalue weighted by Crippen LogP contribution is -2.30. The molecule has 10 heteroatoms. The van der Waals surface area contributed by atoms with Crippen molar-refractivity contribution in [1.82, 2.24) is 9.71 Å². The van der Waals surface area contributed by atoms with Crippen molar-refractivity contribution in [2.45, 2.75) is 25.0 Å². The number of nitrogens with zero attached hydrogens (tertiary/aromatic N) is 1. The number of nitrogens with one attached hydrogen (secondary N) is 2. The van der Waals surface area contributed by atoms with E-state index in [0.29, 0.717) is 27.0 Å². The van der Waals surface area contributed by atoms with Gasteiger partial charge < -0.3 is 14.8 Å². The number of benzene rings is 1. The summed E-state index contributed by atoms with van der Waals surface area (Å²) in [4.78, 5) is 16.0. The number of aliphatic hydroxyl groups excluding tert-OH is 1. The molecule has 0 spiro atoms. The molecule has 0 unspecified atom stereocenters. The first-order chi connectivity index (χ1) is 13.3. The quantitative estimate of drug-likeness (QED) is 0.531. The second kappa shape index (κ2) is 8.23. The number of aliphatic hydroxyl groups is 1. The predicted molar refractivity (Wildman–Crippen MR) is 112 cm³/mol. The molecule has 0 aliphatic heterocycles. The SMILES string of the molecule is CC(=O)Nc1nc(C)c(-c2ccc(S(=O)(=O)N[C@@H](CO)c3ccccc3)o2)s1.[HH].[HH].[HH]. The van der Waals surface area contributed by atoms with Crippen molar-refractivity contribution >= 4 is 32.4 Å². The fraction of sp³-hybridized carbons (Fsp3) is 0.222. The molecule has 2 heterocycles. The summed E-state index contributed by atoms with van der Waals surface area (Å²) in [7, 11) is -3.99. The Morgan fingerprint density at radius 1 is 1.29 bits per heavy atom. The van der Waals surface area contributed by atoms with Crippen molar-refractivity contribution in [2.75, 3.05) is 11.9 Å². The molecular formula is C18H25N3O5S2. The predicted octanol–water partition coefficient (Wildman–Crippen LogP) is 3.42. The van der Waals surface area contributed by atoms with Crippen LogP contribution in [-0.2, 0) is 14.8 Å². The summed E-state index contributed by atoms with van der Waals surface area (Å²) < 4.78 is 33.3. The molecule has 154 valence electrons. The van der Waals surface area contributed by atoms with Crippen LogP contribution in [0.5, 0.6) is 0 Å². The Hall–Kier alpha value is -2.53. The van der Waals surface area contributed by atoms with Gasteiger partial charge in [0.1, 0.15) is 5.76 Å². The van der Waals surface area contributed by atoms with Gasteiger partial charge in [-0.05, 0) is 24.6 Å². The smallest absolute Gasteiger partial charge is 0.274 e. The molecular weight excluding hydrogens is 402 g/mol. The Balaban J connectivity index is 0.00000300. The van der Waals surface area contributed by atoms with Crippen molar-refractivity contribution in [3.63, 3.8) is 0 Å². The van der Waals surface area contributed by atoms with E-state index in [9.17, 15) is 18.3 Å². The van der Waals surface area contributed by atoms with Crippen LogP contribution in [0.1, 0.15) is 28.5 Å². The van der Waals surface area contributed by atoms with Gasteiger partial charge in [0.05, 0.1) is 23.2 Å². The average Bonchev–Trinajstić information content (AvgIpc) is 3.27. The molecule has 2 aromatic heterocycles. The highest BCUT2D eigenvalue weighted by Gasteiger charge is 2.25. The minimum atomic E-state index is -3.99. The minimum Gasteiger partial charge on any atom is -0.442 e. The van der Waals surface area contributed by atoms with Crippen LogP contribution in [-0.4, -0.2) is 31.0 Å². The zero-order valence-corrected chi connectivity index (χ0v) is 16.8. The second-order valence-electron chi connectivity index (χ2n) is 6.00. The van der Waals surface area contributed by atoms with Gasteiger partial charge in [-0.1, -0.05) is 41.7 Å². The van der Waals surface area contributed by atoms with Gasteiger partial charge in [0.2, 0.25) is 11.0 Å². The number of carbonyl (C=O) groups excluding carboxylic acids is 1. The Bertz CT molecular complexity index is 1090. The lowest BCUT2D eigenvalue weighted by Gasteiger charge is -2.15. The lowest BCUT2D eigenvalue weighted by molar-refractivity contribution is -0.114. The maximum absolute atomic E-state index is 12.7. The van der Waals surface area contributed by atoms with E-state index in [1.165, 1.54) is 30.4 Å². The van der Waals surface area contributed by atoms with Crippen LogP contribution in [0.15, 0.2) is 52.0 Å². The van der Waals surface area contributed by atoms with Gasteiger partial charge in [-0.25, -0.2) is 13.4 Å². The number of sulfonamides is 1. The van der Waals surface area contributed by atoms with Crippen molar-refractivity contribution in [3.05, 3.63) is 53.7 Å². The summed E-state index contributed by atoms with van der Waals surface area (Å²) >= 11 is 1.19. The summed E-state index contributed by atoms with van der Waals surface area (Å²) in [5.41, 5.74) is 1.25. The molecule has 0 fully saturated rings. The first kappa shape index (κ1) is 20.2. The maximum Gasteiger partial charge on any atom is 0.274 e. The van der Waals surface area contributed by atoms with Crippen LogP contribution in [0, 0.1) is 6.92 Å². The van der Waals surface area contributed by atoms with E-state index in [1.807, 2.05) is 0 Å². The number of anilines is 1. The zero-order chi connectivity index (χ0) is 20.3. The number of rotatable bonds is 7. The monoisotopic (exact) mass is 427 g/mol. The van der Waals surface area contributed by atoms with Crippen LogP contribution >= 0.6 is 11.3 Å². The van der Waals surface area contributed by atoms with E-state index in [1.54, 1.807) is 37.3 Å². The molecule has 0 aliphatic carbocycles. The Morgan fingerprint density at radius 2 is 2.00 bits per heavy atom. The molecule has 0 bridgehead atoms. The molecule has 28 heavy (non-hydrogen) atoms. The van der Waals surface area contributed by atoms with Gasteiger partial charge in [-0.2, -0.15) is 4.72 Å². The van der Waals surface area contributed by atoms with E-state index in [-0.39, 0.29) is 15.3 Å². The Kier molecular flexibility index (Phi) is 5.94. The van der Waals surface area contributed by atoms with Crippen molar-refractivity contribution in [3.8, 4) is 10.6 Å². The molecule has 1 atom stereocenters. The van der Waals surface area contributed by atoms with E-state index in [4.69, 9.17) is 4.42 Å². The summed E-state index contributed by atoms with van der Waals surface area (Å²) in [6, 6.07) is 10.8. The number of hydrogen-bond donors (Lipinski definition) is 3. The van der Waals surface area contributed by atoms with Crippen molar-refractivity contribution in [2.24, 2.45) is 0 Å². The molecule has 3 aromatic rings. The number of aromatic nitrogens is 1. The number of carbonyl (C=O) groups is 1. The third-order valence-corrected chi connectivity index (χ3v) is 6.26. The van der Waals surface area contributed by atoms with Crippen molar-refractivity contribution < 1.29 is 27.0 Å². The fourth-order valence-corrected chi connectivity index (χ4v) is 4.68. The summed E-state index contributed by atoms with van der Waals surface area (Å²) in [5, 5.41) is 12.3. The summed E-state index contributed by atoms with van der Waals surface area (Å²) in [5.74, 6) is 0.0791. The minimum absolute atomic E-state index is 0. The molecule has 0 saturated carbocycles. The van der Waals surface area contributed by atoms with E-state index >= 15 is 0 Å². The Labute approximate surface area is 170 Å². The van der Waals surface area contributed by atoms with Crippen LogP contribution < -0.4 is 10.0 Å². The van der Waals surface area contributed by atoms with Crippen LogP contribution in [0.2, 0.25) is 0 Å². The van der Waals surface area contributed by atoms with Crippen LogP contribution in [0.4, 0.5) is 5.13 Å². The molecule has 3 rings (SSSR count). The topological polar surface area (TPSA) is 122 Å². The van der Waals surface area contributed by atoms with E-state index in [0.717, 1.165) is 0 Å². The summed E-state index contributed by atoms with van der Waals surface area (Å²) in [6.45, 7) is 2.72. The largest absolute Gasteiger partial charge is 0.442 e. The second-order valence-corrected chi connectivity index (χ2v) is 8.64. The number of furan rings is 1. The van der Waals surface area contributed by atoms with Gasteiger partial charge in [-0.3, -0.25) is 4.79 Å². The molecule has 0 saturated heterocycles. The molecule has 3 N–H and O–H groups in total. The highest BCUT2D eigenvalue weighted by molar-refractivity contribution is 7.89. The number of hydrogen-bond acceptors (Lipinski definition) is 7. The van der Waals surface area contributed by atoms with Crippen molar-refractivity contribution in [1.29, 1.82) is 0 Å². The average molecular weight is 428 g/mol. The van der Waals surface area contributed by atoms with Gasteiger partial charge in [0, 0.05) is 11.2 Å². The standard InChI is InChI=1S/C18H19N3O5S2.3H2/c1-11-17(27-18(19-11)20-12(2)23)15-8-9-16(26-15)28(24,25)21-14(10-22)13-6-4-3-5-7-13;;;/h3-9,14,21-22H,10H2,1-2H3,(H,19,20,23);3*1H/t14-;;;/m0.../s1. The van der Waals surface area contributed by atoms with Gasteiger partial charge in [-0.15, -0.1) is 0 Å². The third kappa shape index (κ3) is 4.47. The Morgan fingerprint density at radius 3 is 2.64 bits per heavy atom. The first-order valence-corrected chi connectivity index (χ1v) is 10.6. The highest BCUT2D eigenvalue weighted by Crippen LogP contribution is 2.34. The van der Waals surface area contributed by atoms with E-state index in [2.05, 4.69) is 15.0 Å². The molecule has 1 aromatic carbocycles. The maximum atomic E-state index is 12.7. The van der Waals surface area contributed by atoms with Gasteiger partial charge in [0.15, 0.2) is 5.13 Å². The third-order valence-electron chi connectivity index (χ3n) is 3.83. The van der Waals surface area contributed by atoms with Crippen LogP contribution in [0.25, 0.3) is 10.6 Å². The summed E-state index contributed by atoms with van der Waals surface area (Å²) in [6.07, 6.45) is 0. The molecule has 8 nitrogen and oxygen atoms in total. The molecule has 1 amide bonds. The van der Waals surface area contributed by atoms with Gasteiger partial charge >= 0.3 is 0 Å². The zero-order valence-electron chi connectivity index (χ0n) is 15.2. The van der Waals surface area contributed by atoms with E-state index < -0.39 is 22.7 Å². The number of thiazole rings is 1. The highest BCUT2D eigenvalue weighted by atomic mass is 32.2. The fourth-order valence-electron chi connectivity index (χ4n) is 2.56. The van der Waals surface area contributed by atoms with Gasteiger partial charge in [0.25, 0.3) is 10.0 Å².